The van der Waals surface area contributed by atoms with Crippen molar-refractivity contribution in [1.82, 2.24) is 0 Å². The van der Waals surface area contributed by atoms with Gasteiger partial charge in [-0.1, -0.05) is 25.4 Å². The molecular weight excluding hydrogens is 327 g/mol. The molecule has 1 heterocycles. The van der Waals surface area contributed by atoms with E-state index < -0.39 is 5.97 Å². The molecule has 0 amide bonds. The number of aryl methyl sites for hydroxylation is 1. The molecule has 0 spiro atoms. The number of aromatic carboxylic acids is 1. The van der Waals surface area contributed by atoms with E-state index in [0.717, 1.165) is 16.9 Å². The molecule has 0 radical (unpaired) electrons. The molecule has 0 fully saturated rings. The van der Waals surface area contributed by atoms with Gasteiger partial charge >= 0.3 is 29.6 Å². The van der Waals surface area contributed by atoms with Crippen LogP contribution in [-0.4, -0.2) is 12.6 Å². The molecule has 2 aromatic rings. The van der Waals surface area contributed by atoms with Gasteiger partial charge in [0, 0.05) is 17.0 Å². The Hall–Kier alpha value is -0.940. The van der Waals surface area contributed by atoms with Crippen LogP contribution in [0.25, 0.3) is 0 Å². The van der Waals surface area contributed by atoms with Crippen LogP contribution in [0.2, 0.25) is 5.02 Å². The molecule has 6 heteroatoms. The van der Waals surface area contributed by atoms with Crippen LogP contribution in [0.15, 0.2) is 28.7 Å². The van der Waals surface area contributed by atoms with Crippen LogP contribution in [0.1, 0.15) is 41.3 Å². The van der Waals surface area contributed by atoms with Crippen molar-refractivity contribution in [3.05, 3.63) is 51.9 Å². The molecule has 0 bridgehead atoms. The van der Waals surface area contributed by atoms with Crippen LogP contribution < -0.4 is 39.4 Å². The van der Waals surface area contributed by atoms with E-state index in [1.165, 1.54) is 6.07 Å². The monoisotopic (exact) mass is 344 g/mol. The Labute approximate surface area is 163 Å². The van der Waals surface area contributed by atoms with Gasteiger partial charge in [0.1, 0.15) is 23.2 Å². The van der Waals surface area contributed by atoms with Gasteiger partial charge in [0.05, 0.1) is 6.61 Å². The molecule has 2 rings (SSSR count). The second-order valence-electron chi connectivity index (χ2n) is 5.64. The molecule has 0 aliphatic carbocycles. The van der Waals surface area contributed by atoms with E-state index in [9.17, 15) is 9.90 Å². The molecule has 4 nitrogen and oxygen atoms in total. The molecule has 1 aromatic carbocycles. The van der Waals surface area contributed by atoms with E-state index in [1.807, 2.05) is 6.07 Å². The minimum Gasteiger partial charge on any atom is -0.542 e. The number of benzene rings is 1. The fourth-order valence-corrected chi connectivity index (χ4v) is 2.25. The molecule has 0 unspecified atom stereocenters. The number of carbonyl (C=O) groups excluding carboxylic acids is 1. The van der Waals surface area contributed by atoms with Gasteiger partial charge in [0.15, 0.2) is 0 Å². The predicted molar refractivity (Wildman–Crippen MR) is 82.4 cm³/mol. The Balaban J connectivity index is 0.00000264. The minimum atomic E-state index is -1.32. The van der Waals surface area contributed by atoms with Crippen molar-refractivity contribution in [3.63, 3.8) is 0 Å². The first-order valence-electron chi connectivity index (χ1n) is 7.08. The number of halogens is 1. The van der Waals surface area contributed by atoms with Gasteiger partial charge < -0.3 is 19.1 Å². The van der Waals surface area contributed by atoms with Crippen LogP contribution in [0.5, 0.6) is 5.75 Å². The largest absolute Gasteiger partial charge is 1.00 e. The summed E-state index contributed by atoms with van der Waals surface area (Å²) in [6.45, 7) is 6.53. The molecule has 0 atom stereocenters. The molecule has 118 valence electrons. The molecule has 0 saturated carbocycles. The van der Waals surface area contributed by atoms with Gasteiger partial charge in [-0.05, 0) is 42.7 Å². The molecule has 0 aliphatic heterocycles. The fraction of sp³-hybridized carbons (Fsp3) is 0.353. The summed E-state index contributed by atoms with van der Waals surface area (Å²) < 4.78 is 11.1. The number of hydrogen-bond donors (Lipinski definition) is 0. The van der Waals surface area contributed by atoms with Gasteiger partial charge in [-0.25, -0.2) is 0 Å². The summed E-state index contributed by atoms with van der Waals surface area (Å²) >= 11 is 6.05. The van der Waals surface area contributed by atoms with Crippen LogP contribution in [0.3, 0.4) is 0 Å². The Kier molecular flexibility index (Phi) is 7.68. The minimum absolute atomic E-state index is 0. The van der Waals surface area contributed by atoms with E-state index in [-0.39, 0.29) is 35.3 Å². The summed E-state index contributed by atoms with van der Waals surface area (Å²) in [6, 6.07) is 6.85. The van der Waals surface area contributed by atoms with E-state index in [4.69, 9.17) is 20.8 Å². The Morgan fingerprint density at radius 3 is 2.61 bits per heavy atom. The third-order valence-electron chi connectivity index (χ3n) is 3.17. The van der Waals surface area contributed by atoms with Crippen molar-refractivity contribution in [2.24, 2.45) is 5.92 Å². The van der Waals surface area contributed by atoms with Crippen LogP contribution in [0.4, 0.5) is 0 Å². The van der Waals surface area contributed by atoms with Crippen molar-refractivity contribution in [2.45, 2.75) is 27.2 Å². The summed E-state index contributed by atoms with van der Waals surface area (Å²) in [4.78, 5) is 10.9. The number of carboxylic acids is 1. The van der Waals surface area contributed by atoms with Crippen molar-refractivity contribution >= 4 is 17.6 Å². The molecule has 0 aliphatic rings. The number of furan rings is 1. The van der Waals surface area contributed by atoms with Crippen molar-refractivity contribution in [1.29, 1.82) is 0 Å². The van der Waals surface area contributed by atoms with Gasteiger partial charge in [-0.2, -0.15) is 0 Å². The number of carbonyl (C=O) groups is 1. The maximum Gasteiger partial charge on any atom is 1.00 e. The Morgan fingerprint density at radius 2 is 2.04 bits per heavy atom. The summed E-state index contributed by atoms with van der Waals surface area (Å²) in [5.41, 5.74) is 1.62. The summed E-state index contributed by atoms with van der Waals surface area (Å²) in [6.07, 6.45) is 0.410. The van der Waals surface area contributed by atoms with Gasteiger partial charge in [0.2, 0.25) is 0 Å². The van der Waals surface area contributed by atoms with Crippen molar-refractivity contribution in [3.8, 4) is 5.75 Å². The quantitative estimate of drug-likeness (QED) is 0.704. The SMILES string of the molecule is Cc1cc(C(=O)[O-])oc1Cc1cc(Cl)ccc1OCC(C)C.[Na+]. The summed E-state index contributed by atoms with van der Waals surface area (Å²) in [5.74, 6) is 0.203. The molecule has 0 N–H and O–H groups in total. The first-order valence-corrected chi connectivity index (χ1v) is 7.46. The second-order valence-corrected chi connectivity index (χ2v) is 6.07. The smallest absolute Gasteiger partial charge is 0.542 e. The van der Waals surface area contributed by atoms with Gasteiger partial charge in [0.25, 0.3) is 0 Å². The molecular formula is C17H18ClNaO4. The number of rotatable bonds is 6. The third-order valence-corrected chi connectivity index (χ3v) is 3.40. The predicted octanol–water partition coefficient (Wildman–Crippen LogP) is 0.235. The molecule has 0 saturated heterocycles. The first kappa shape index (κ1) is 20.1. The maximum atomic E-state index is 10.9. The van der Waals surface area contributed by atoms with E-state index >= 15 is 0 Å². The zero-order chi connectivity index (χ0) is 16.3. The third kappa shape index (κ3) is 5.57. The second kappa shape index (κ2) is 8.78. The van der Waals surface area contributed by atoms with Gasteiger partial charge in [-0.15, -0.1) is 0 Å². The molecule has 1 aromatic heterocycles. The van der Waals surface area contributed by atoms with E-state index in [1.54, 1.807) is 19.1 Å². The van der Waals surface area contributed by atoms with Crippen LogP contribution in [0, 0.1) is 12.8 Å². The average molecular weight is 345 g/mol. The number of carboxylic acid groups (broad SMARTS) is 1. The van der Waals surface area contributed by atoms with Crippen LogP contribution >= 0.6 is 11.6 Å². The van der Waals surface area contributed by atoms with Crippen molar-refractivity contribution in [2.75, 3.05) is 6.61 Å². The molecule has 23 heavy (non-hydrogen) atoms. The standard InChI is InChI=1S/C17H19ClO4.Na/c1-10(2)9-21-14-5-4-13(18)7-12(14)8-15-11(3)6-16(22-15)17(19)20;/h4-7,10H,8-9H2,1-3H3,(H,19,20);/q;+1/p-1. The average Bonchev–Trinajstić information content (AvgIpc) is 2.79. The van der Waals surface area contributed by atoms with E-state index in [0.29, 0.717) is 29.7 Å². The topological polar surface area (TPSA) is 62.5 Å². The van der Waals surface area contributed by atoms with Gasteiger partial charge in [-0.3, -0.25) is 0 Å². The van der Waals surface area contributed by atoms with Crippen molar-refractivity contribution < 1.29 is 48.6 Å². The zero-order valence-corrected chi connectivity index (χ0v) is 16.6. The van der Waals surface area contributed by atoms with Crippen LogP contribution in [-0.2, 0) is 6.42 Å². The number of ether oxygens (including phenoxy) is 1. The maximum absolute atomic E-state index is 10.9. The summed E-state index contributed by atoms with van der Waals surface area (Å²) in [5, 5.41) is 11.5. The number of hydrogen-bond acceptors (Lipinski definition) is 4. The Bertz CT molecular complexity index is 679. The normalized spacial score (nSPS) is 10.5. The Morgan fingerprint density at radius 1 is 1.35 bits per heavy atom. The van der Waals surface area contributed by atoms with E-state index in [2.05, 4.69) is 13.8 Å². The fourth-order valence-electron chi connectivity index (χ4n) is 2.05. The first-order chi connectivity index (χ1) is 10.4. The zero-order valence-electron chi connectivity index (χ0n) is 13.8. The summed E-state index contributed by atoms with van der Waals surface area (Å²) in [7, 11) is 0.